The van der Waals surface area contributed by atoms with Gasteiger partial charge in [-0.1, -0.05) is 23.7 Å². The molecule has 3 rings (SSSR count). The van der Waals surface area contributed by atoms with Gasteiger partial charge in [0, 0.05) is 19.8 Å². The summed E-state index contributed by atoms with van der Waals surface area (Å²) in [6, 6.07) is 11.4. The van der Waals surface area contributed by atoms with E-state index in [2.05, 4.69) is 5.32 Å². The van der Waals surface area contributed by atoms with Gasteiger partial charge in [-0.2, -0.15) is 0 Å². The molecule has 1 amide bonds. The Morgan fingerprint density at radius 2 is 1.75 bits per heavy atom. The summed E-state index contributed by atoms with van der Waals surface area (Å²) in [7, 11) is -0.431. The highest BCUT2D eigenvalue weighted by molar-refractivity contribution is 7.92. The van der Waals surface area contributed by atoms with Gasteiger partial charge in [0.1, 0.15) is 6.54 Å². The standard InChI is InChI=1S/C18H19ClN4O4S/c1-21-15-9-8-12(10-16(15)22(2)18(21)25)20-17(24)11-23(28(3,26)27)14-7-5-4-6-13(14)19/h4-10H,11H2,1-3H3,(H,20,24). The van der Waals surface area contributed by atoms with Crippen molar-refractivity contribution in [3.63, 3.8) is 0 Å². The van der Waals surface area contributed by atoms with Gasteiger partial charge in [-0.25, -0.2) is 13.2 Å². The molecule has 1 aromatic heterocycles. The van der Waals surface area contributed by atoms with E-state index in [0.29, 0.717) is 11.2 Å². The number of nitrogens with zero attached hydrogens (tertiary/aromatic N) is 3. The Morgan fingerprint density at radius 1 is 1.11 bits per heavy atom. The van der Waals surface area contributed by atoms with Gasteiger partial charge in [0.25, 0.3) is 0 Å². The van der Waals surface area contributed by atoms with E-state index < -0.39 is 22.5 Å². The number of halogens is 1. The molecule has 0 aliphatic heterocycles. The monoisotopic (exact) mass is 422 g/mol. The number of carbonyl (C=O) groups excluding carboxylic acids is 1. The van der Waals surface area contributed by atoms with E-state index >= 15 is 0 Å². The Bertz CT molecular complexity index is 1230. The fourth-order valence-corrected chi connectivity index (χ4v) is 4.11. The van der Waals surface area contributed by atoms with Crippen LogP contribution in [-0.4, -0.2) is 36.3 Å². The van der Waals surface area contributed by atoms with Gasteiger partial charge in [-0.15, -0.1) is 0 Å². The van der Waals surface area contributed by atoms with Crippen LogP contribution in [0, 0.1) is 0 Å². The van der Waals surface area contributed by atoms with E-state index in [1.165, 1.54) is 15.2 Å². The lowest BCUT2D eigenvalue weighted by molar-refractivity contribution is -0.114. The summed E-state index contributed by atoms with van der Waals surface area (Å²) in [6.45, 7) is -0.436. The number of sulfonamides is 1. The van der Waals surface area contributed by atoms with Gasteiger partial charge in [-0.3, -0.25) is 18.2 Å². The Morgan fingerprint density at radius 3 is 2.39 bits per heavy atom. The predicted octanol–water partition coefficient (Wildman–Crippen LogP) is 1.94. The van der Waals surface area contributed by atoms with Gasteiger partial charge in [0.2, 0.25) is 15.9 Å². The van der Waals surface area contributed by atoms with Crippen molar-refractivity contribution in [2.45, 2.75) is 0 Å². The molecule has 2 aromatic carbocycles. The quantitative estimate of drug-likeness (QED) is 0.679. The van der Waals surface area contributed by atoms with Crippen LogP contribution in [0.1, 0.15) is 0 Å². The summed E-state index contributed by atoms with van der Waals surface area (Å²) in [5, 5.41) is 2.89. The number of amides is 1. The molecule has 1 N–H and O–H groups in total. The number of carbonyl (C=O) groups is 1. The molecular formula is C18H19ClN4O4S. The molecule has 0 unspecified atom stereocenters. The van der Waals surface area contributed by atoms with Crippen LogP contribution in [0.5, 0.6) is 0 Å². The number of aryl methyl sites for hydroxylation is 2. The van der Waals surface area contributed by atoms with Crippen molar-refractivity contribution in [2.24, 2.45) is 14.1 Å². The van der Waals surface area contributed by atoms with Crippen molar-refractivity contribution in [3.8, 4) is 0 Å². The molecule has 0 radical (unpaired) electrons. The van der Waals surface area contributed by atoms with Crippen LogP contribution in [0.3, 0.4) is 0 Å². The number of fused-ring (bicyclic) bond motifs is 1. The lowest BCUT2D eigenvalue weighted by atomic mass is 10.2. The first-order valence-electron chi connectivity index (χ1n) is 8.27. The molecule has 0 spiro atoms. The fraction of sp³-hybridized carbons (Fsp3) is 0.222. The number of hydrogen-bond acceptors (Lipinski definition) is 4. The third-order valence-electron chi connectivity index (χ3n) is 4.36. The summed E-state index contributed by atoms with van der Waals surface area (Å²) >= 11 is 6.10. The summed E-state index contributed by atoms with van der Waals surface area (Å²) in [5.74, 6) is -0.536. The second-order valence-corrected chi connectivity index (χ2v) is 8.69. The van der Waals surface area contributed by atoms with E-state index in [1.807, 2.05) is 0 Å². The molecule has 1 heterocycles. The summed E-state index contributed by atoms with van der Waals surface area (Å²) in [6.07, 6.45) is 1.01. The SMILES string of the molecule is Cn1c(=O)n(C)c2cc(NC(=O)CN(c3ccccc3Cl)S(C)(=O)=O)ccc21. The number of para-hydroxylation sites is 1. The number of aromatic nitrogens is 2. The zero-order chi connectivity index (χ0) is 20.6. The smallest absolute Gasteiger partial charge is 0.324 e. The van der Waals surface area contributed by atoms with Gasteiger partial charge in [0.05, 0.1) is 28.0 Å². The minimum Gasteiger partial charge on any atom is -0.324 e. The van der Waals surface area contributed by atoms with Crippen molar-refractivity contribution < 1.29 is 13.2 Å². The van der Waals surface area contributed by atoms with Crippen molar-refractivity contribution in [1.29, 1.82) is 0 Å². The second-order valence-electron chi connectivity index (χ2n) is 6.37. The maximum Gasteiger partial charge on any atom is 0.328 e. The van der Waals surface area contributed by atoms with Crippen LogP contribution >= 0.6 is 11.6 Å². The van der Waals surface area contributed by atoms with Crippen molar-refractivity contribution >= 4 is 49.9 Å². The molecule has 148 valence electrons. The van der Waals surface area contributed by atoms with E-state index in [4.69, 9.17) is 11.6 Å². The van der Waals surface area contributed by atoms with Crippen LogP contribution in [0.2, 0.25) is 5.02 Å². The van der Waals surface area contributed by atoms with E-state index in [1.54, 1.807) is 50.5 Å². The zero-order valence-corrected chi connectivity index (χ0v) is 17.1. The highest BCUT2D eigenvalue weighted by atomic mass is 35.5. The Kier molecular flexibility index (Phi) is 5.22. The number of rotatable bonds is 5. The Hall–Kier alpha value is -2.78. The number of hydrogen-bond donors (Lipinski definition) is 1. The number of benzene rings is 2. The molecule has 8 nitrogen and oxygen atoms in total. The largest absolute Gasteiger partial charge is 0.328 e. The number of nitrogens with one attached hydrogen (secondary N) is 1. The maximum absolute atomic E-state index is 12.5. The van der Waals surface area contributed by atoms with Crippen LogP contribution in [0.25, 0.3) is 11.0 Å². The van der Waals surface area contributed by atoms with Crippen LogP contribution in [0.15, 0.2) is 47.3 Å². The molecule has 0 aliphatic rings. The molecule has 0 atom stereocenters. The highest BCUT2D eigenvalue weighted by Gasteiger charge is 2.23. The van der Waals surface area contributed by atoms with Crippen molar-refractivity contribution in [3.05, 3.63) is 58.0 Å². The van der Waals surface area contributed by atoms with Gasteiger partial charge in [0.15, 0.2) is 0 Å². The number of imidazole rings is 1. The first-order valence-corrected chi connectivity index (χ1v) is 10.5. The molecule has 0 bridgehead atoms. The van der Waals surface area contributed by atoms with E-state index in [0.717, 1.165) is 16.1 Å². The Labute approximate surface area is 167 Å². The number of anilines is 2. The lowest BCUT2D eigenvalue weighted by Gasteiger charge is -2.22. The normalized spacial score (nSPS) is 11.6. The van der Waals surface area contributed by atoms with Crippen molar-refractivity contribution in [1.82, 2.24) is 9.13 Å². The third kappa shape index (κ3) is 3.76. The lowest BCUT2D eigenvalue weighted by Crippen LogP contribution is -2.37. The Balaban J connectivity index is 1.88. The minimum atomic E-state index is -3.73. The first-order chi connectivity index (χ1) is 13.1. The maximum atomic E-state index is 12.5. The zero-order valence-electron chi connectivity index (χ0n) is 15.5. The molecular weight excluding hydrogens is 404 g/mol. The predicted molar refractivity (Wildman–Crippen MR) is 110 cm³/mol. The molecule has 0 saturated carbocycles. The van der Waals surface area contributed by atoms with Gasteiger partial charge in [-0.05, 0) is 30.3 Å². The van der Waals surface area contributed by atoms with Crippen LogP contribution in [-0.2, 0) is 28.9 Å². The third-order valence-corrected chi connectivity index (χ3v) is 5.81. The van der Waals surface area contributed by atoms with E-state index in [9.17, 15) is 18.0 Å². The second kappa shape index (κ2) is 7.33. The highest BCUT2D eigenvalue weighted by Crippen LogP contribution is 2.27. The van der Waals surface area contributed by atoms with E-state index in [-0.39, 0.29) is 16.4 Å². The molecule has 10 heteroatoms. The summed E-state index contributed by atoms with van der Waals surface area (Å²) < 4.78 is 28.3. The van der Waals surface area contributed by atoms with Crippen molar-refractivity contribution in [2.75, 3.05) is 22.4 Å². The molecule has 3 aromatic rings. The van der Waals surface area contributed by atoms with Crippen LogP contribution < -0.4 is 15.3 Å². The van der Waals surface area contributed by atoms with Crippen LogP contribution in [0.4, 0.5) is 11.4 Å². The fourth-order valence-electron chi connectivity index (χ4n) is 2.95. The van der Waals surface area contributed by atoms with Gasteiger partial charge < -0.3 is 5.32 Å². The first kappa shape index (κ1) is 20.0. The molecule has 28 heavy (non-hydrogen) atoms. The minimum absolute atomic E-state index is 0.180. The average Bonchev–Trinajstić information content (AvgIpc) is 2.84. The molecule has 0 aliphatic carbocycles. The summed E-state index contributed by atoms with van der Waals surface area (Å²) in [5.41, 5.74) is 1.87. The molecule has 0 fully saturated rings. The molecule has 0 saturated heterocycles. The average molecular weight is 423 g/mol. The van der Waals surface area contributed by atoms with Gasteiger partial charge >= 0.3 is 5.69 Å². The topological polar surface area (TPSA) is 93.4 Å². The summed E-state index contributed by atoms with van der Waals surface area (Å²) in [4.78, 5) is 24.5.